The molecule has 3 heteroatoms. The first-order valence-electron chi connectivity index (χ1n) is 7.48. The fraction of sp³-hybridized carbons (Fsp3) is 0.647. The number of ether oxygens (including phenoxy) is 1. The third-order valence-electron chi connectivity index (χ3n) is 4.21. The minimum Gasteiger partial charge on any atom is -0.395 e. The van der Waals surface area contributed by atoms with E-state index in [1.807, 2.05) is 6.07 Å². The van der Waals surface area contributed by atoms with Crippen LogP contribution in [0.5, 0.6) is 0 Å². The van der Waals surface area contributed by atoms with Gasteiger partial charge in [-0.25, -0.2) is 0 Å². The van der Waals surface area contributed by atoms with Crippen molar-refractivity contribution in [1.29, 1.82) is 0 Å². The molecule has 1 N–H and O–H groups in total. The molecule has 1 aromatic heterocycles. The molecule has 2 rings (SSSR count). The smallest absolute Gasteiger partial charge is 0.0825 e. The van der Waals surface area contributed by atoms with Gasteiger partial charge in [-0.2, -0.15) is 0 Å². The number of hydrogen-bond acceptors (Lipinski definition) is 3. The Labute approximate surface area is 126 Å². The number of hydrogen-bond donors (Lipinski definition) is 1. The lowest BCUT2D eigenvalue weighted by Gasteiger charge is -2.31. The Hall–Kier alpha value is -0.820. The molecule has 20 heavy (non-hydrogen) atoms. The quantitative estimate of drug-likeness (QED) is 0.855. The molecule has 3 atom stereocenters. The largest absolute Gasteiger partial charge is 0.395 e. The van der Waals surface area contributed by atoms with Gasteiger partial charge in [0, 0.05) is 16.9 Å². The lowest BCUT2D eigenvalue weighted by atomic mass is 9.80. The van der Waals surface area contributed by atoms with E-state index in [2.05, 4.69) is 31.1 Å². The van der Waals surface area contributed by atoms with Gasteiger partial charge in [0.25, 0.3) is 0 Å². The third kappa shape index (κ3) is 4.34. The zero-order chi connectivity index (χ0) is 14.4. The van der Waals surface area contributed by atoms with Crippen molar-refractivity contribution < 1.29 is 9.84 Å². The van der Waals surface area contributed by atoms with Crippen molar-refractivity contribution in [1.82, 2.24) is 0 Å². The Morgan fingerprint density at radius 3 is 2.95 bits per heavy atom. The maximum atomic E-state index is 8.76. The highest BCUT2D eigenvalue weighted by Crippen LogP contribution is 2.31. The molecule has 1 aromatic rings. The molecule has 3 unspecified atom stereocenters. The summed E-state index contributed by atoms with van der Waals surface area (Å²) in [6.07, 6.45) is 4.58. The predicted octanol–water partition coefficient (Wildman–Crippen LogP) is 3.82. The van der Waals surface area contributed by atoms with Crippen LogP contribution in [0.3, 0.4) is 0 Å². The Kier molecular flexibility index (Phi) is 6.09. The van der Waals surface area contributed by atoms with Crippen molar-refractivity contribution in [3.63, 3.8) is 0 Å². The van der Waals surface area contributed by atoms with Crippen molar-refractivity contribution >= 4 is 11.3 Å². The topological polar surface area (TPSA) is 29.5 Å². The number of rotatable bonds is 4. The number of aliphatic hydroxyl groups is 1. The minimum absolute atomic E-state index is 0.126. The molecular formula is C17H24O2S. The fourth-order valence-electron chi connectivity index (χ4n) is 2.62. The van der Waals surface area contributed by atoms with Crippen molar-refractivity contribution in [3.05, 3.63) is 21.9 Å². The highest BCUT2D eigenvalue weighted by atomic mass is 32.1. The van der Waals surface area contributed by atoms with E-state index in [4.69, 9.17) is 9.84 Å². The van der Waals surface area contributed by atoms with Crippen LogP contribution in [0.4, 0.5) is 0 Å². The van der Waals surface area contributed by atoms with Gasteiger partial charge in [0.2, 0.25) is 0 Å². The zero-order valence-electron chi connectivity index (χ0n) is 12.4. The van der Waals surface area contributed by atoms with Crippen molar-refractivity contribution in [3.8, 4) is 11.8 Å². The minimum atomic E-state index is 0.126. The van der Waals surface area contributed by atoms with E-state index < -0.39 is 0 Å². The molecule has 0 radical (unpaired) electrons. The van der Waals surface area contributed by atoms with Gasteiger partial charge in [0.1, 0.15) is 0 Å². The number of aliphatic hydroxyl groups excluding tert-OH is 1. The molecule has 1 saturated carbocycles. The molecule has 0 aromatic carbocycles. The Morgan fingerprint density at radius 2 is 2.20 bits per heavy atom. The van der Waals surface area contributed by atoms with Crippen LogP contribution in [0, 0.1) is 23.7 Å². The molecule has 110 valence electrons. The lowest BCUT2D eigenvalue weighted by Crippen LogP contribution is -2.26. The summed E-state index contributed by atoms with van der Waals surface area (Å²) in [5.41, 5.74) is 1.06. The Morgan fingerprint density at radius 1 is 1.35 bits per heavy atom. The summed E-state index contributed by atoms with van der Waals surface area (Å²) in [6.45, 7) is 5.47. The van der Waals surface area contributed by atoms with Gasteiger partial charge < -0.3 is 9.84 Å². The van der Waals surface area contributed by atoms with Gasteiger partial charge >= 0.3 is 0 Å². The molecule has 1 aliphatic rings. The normalized spacial score (nSPS) is 26.1. The van der Waals surface area contributed by atoms with Crippen LogP contribution in [0.15, 0.2) is 11.4 Å². The third-order valence-corrected chi connectivity index (χ3v) is 5.10. The van der Waals surface area contributed by atoms with E-state index in [0.717, 1.165) is 17.4 Å². The Bertz CT molecular complexity index is 469. The van der Waals surface area contributed by atoms with Gasteiger partial charge in [0.05, 0.1) is 19.3 Å². The molecule has 0 aliphatic heterocycles. The van der Waals surface area contributed by atoms with E-state index in [9.17, 15) is 0 Å². The average Bonchev–Trinajstić information content (AvgIpc) is 2.88. The first-order valence-corrected chi connectivity index (χ1v) is 8.36. The second kappa shape index (κ2) is 7.83. The standard InChI is InChI=1S/C17H24O2S/c1-13-6-7-16(11-14(13)2)19-12-17-15(8-10-20-17)5-3-4-9-18/h8,10,13-14,16,18H,4,6-7,9,11-12H2,1-2H3. The van der Waals surface area contributed by atoms with Crippen LogP contribution >= 0.6 is 11.3 Å². The van der Waals surface area contributed by atoms with Crippen LogP contribution < -0.4 is 0 Å². The van der Waals surface area contributed by atoms with Crippen LogP contribution in [-0.4, -0.2) is 17.8 Å². The zero-order valence-corrected chi connectivity index (χ0v) is 13.2. The van der Waals surface area contributed by atoms with Crippen molar-refractivity contribution in [2.75, 3.05) is 6.61 Å². The summed E-state index contributed by atoms with van der Waals surface area (Å²) in [4.78, 5) is 1.21. The van der Waals surface area contributed by atoms with Crippen molar-refractivity contribution in [2.45, 2.75) is 52.2 Å². The number of thiophene rings is 1. The lowest BCUT2D eigenvalue weighted by molar-refractivity contribution is -0.00639. The highest BCUT2D eigenvalue weighted by Gasteiger charge is 2.25. The van der Waals surface area contributed by atoms with E-state index >= 15 is 0 Å². The van der Waals surface area contributed by atoms with Crippen LogP contribution in [-0.2, 0) is 11.3 Å². The summed E-state index contributed by atoms with van der Waals surface area (Å²) in [5.74, 6) is 7.69. The summed E-state index contributed by atoms with van der Waals surface area (Å²) >= 11 is 1.71. The second-order valence-corrected chi connectivity index (χ2v) is 6.73. The molecule has 2 nitrogen and oxygen atoms in total. The Balaban J connectivity index is 1.86. The van der Waals surface area contributed by atoms with Gasteiger partial charge in [-0.15, -0.1) is 11.3 Å². The van der Waals surface area contributed by atoms with E-state index in [1.165, 1.54) is 24.1 Å². The van der Waals surface area contributed by atoms with Crippen molar-refractivity contribution in [2.24, 2.45) is 11.8 Å². The molecular weight excluding hydrogens is 268 g/mol. The van der Waals surface area contributed by atoms with Crippen LogP contribution in [0.25, 0.3) is 0 Å². The summed E-state index contributed by atoms with van der Waals surface area (Å²) in [7, 11) is 0. The van der Waals surface area contributed by atoms with Gasteiger partial charge in [-0.05, 0) is 42.5 Å². The highest BCUT2D eigenvalue weighted by molar-refractivity contribution is 7.10. The molecule has 1 aliphatic carbocycles. The molecule has 0 amide bonds. The van der Waals surface area contributed by atoms with Crippen LogP contribution in [0.2, 0.25) is 0 Å². The average molecular weight is 292 g/mol. The predicted molar refractivity (Wildman–Crippen MR) is 83.7 cm³/mol. The summed E-state index contributed by atoms with van der Waals surface area (Å²) < 4.78 is 6.09. The molecule has 0 saturated heterocycles. The van der Waals surface area contributed by atoms with Gasteiger partial charge in [-0.3, -0.25) is 0 Å². The molecule has 1 fully saturated rings. The molecule has 0 spiro atoms. The molecule has 1 heterocycles. The summed E-state index contributed by atoms with van der Waals surface area (Å²) in [5, 5.41) is 10.8. The van der Waals surface area contributed by atoms with Gasteiger partial charge in [0.15, 0.2) is 0 Å². The van der Waals surface area contributed by atoms with E-state index in [1.54, 1.807) is 11.3 Å². The fourth-order valence-corrected chi connectivity index (χ4v) is 3.37. The first-order chi connectivity index (χ1) is 9.70. The maximum absolute atomic E-state index is 8.76. The van der Waals surface area contributed by atoms with Gasteiger partial charge in [-0.1, -0.05) is 25.7 Å². The SMILES string of the molecule is CC1CCC(OCc2sccc2C#CCCO)CC1C. The first kappa shape index (κ1) is 15.6. The monoisotopic (exact) mass is 292 g/mol. The molecule has 0 bridgehead atoms. The summed E-state index contributed by atoms with van der Waals surface area (Å²) in [6, 6.07) is 2.04. The second-order valence-electron chi connectivity index (χ2n) is 5.73. The maximum Gasteiger partial charge on any atom is 0.0825 e. The van der Waals surface area contributed by atoms with E-state index in [0.29, 0.717) is 19.1 Å². The van der Waals surface area contributed by atoms with Crippen LogP contribution in [0.1, 0.15) is 50.0 Å². The van der Waals surface area contributed by atoms with E-state index in [-0.39, 0.29) is 6.61 Å².